The van der Waals surface area contributed by atoms with E-state index in [9.17, 15) is 47.5 Å². The van der Waals surface area contributed by atoms with Crippen molar-refractivity contribution < 1.29 is 75.6 Å². The lowest BCUT2D eigenvalue weighted by Gasteiger charge is -2.40. The van der Waals surface area contributed by atoms with Crippen molar-refractivity contribution in [1.29, 1.82) is 0 Å². The first-order chi connectivity index (χ1) is 38.0. The fourth-order valence-corrected chi connectivity index (χ4v) is 9.53. The fraction of sp³-hybridized carbons (Fsp3) is 0.518. The Morgan fingerprint density at radius 3 is 1.89 bits per heavy atom. The summed E-state index contributed by atoms with van der Waals surface area (Å²) in [5.74, 6) is -6.59. The number of imide groups is 4. The first kappa shape index (κ1) is 66.1. The summed E-state index contributed by atoms with van der Waals surface area (Å²) in [6.07, 6.45) is 3.68. The molecule has 8 amide bonds. The SMILES string of the molecule is CC(C)(C)[C@H](c1cc(-c2cc(F)ccc2F)cn1Cc1ccccc1)N(CC(=O)C(=O)NC(=O)OCC[Si](C)(C)C)C(=O)CSCCC(=O)NCCOCCOCCOCCOCCNC(=O)CCCCC(=O)N1C(=O)C=CC1=O. The molecular weight excluding hydrogens is 1080 g/mol. The number of carbonyl (C=O) groups is 9. The van der Waals surface area contributed by atoms with Gasteiger partial charge in [-0.15, -0.1) is 0 Å². The van der Waals surface area contributed by atoms with Crippen molar-refractivity contribution in [3.8, 4) is 11.1 Å². The molecule has 0 saturated heterocycles. The van der Waals surface area contributed by atoms with Crippen molar-refractivity contribution in [2.45, 2.75) is 91.1 Å². The number of nitrogens with one attached hydrogen (secondary N) is 3. The van der Waals surface area contributed by atoms with Gasteiger partial charge in [0.05, 0.1) is 77.8 Å². The summed E-state index contributed by atoms with van der Waals surface area (Å²) < 4.78 is 58.9. The van der Waals surface area contributed by atoms with E-state index in [2.05, 4.69) is 30.3 Å². The molecular formula is C56H76F2N6O14SSi. The number of hydrogen-bond donors (Lipinski definition) is 3. The molecule has 1 aromatic heterocycles. The number of nitrogens with zero attached hydrogens (tertiary/aromatic N) is 3. The van der Waals surface area contributed by atoms with Crippen LogP contribution in [0.4, 0.5) is 13.6 Å². The van der Waals surface area contributed by atoms with Crippen LogP contribution in [0.5, 0.6) is 0 Å². The Hall–Kier alpha value is -6.44. The molecule has 0 unspecified atom stereocenters. The smallest absolute Gasteiger partial charge is 0.414 e. The summed E-state index contributed by atoms with van der Waals surface area (Å²) in [7, 11) is -1.59. The number of ketones is 1. The van der Waals surface area contributed by atoms with Gasteiger partial charge in [0.2, 0.25) is 29.4 Å². The van der Waals surface area contributed by atoms with Gasteiger partial charge in [-0.3, -0.25) is 43.7 Å². The van der Waals surface area contributed by atoms with E-state index < -0.39 is 79.1 Å². The standard InChI is InChI=1S/C56H76F2N6O14SSi/c1-56(2,3)53(45-34-41(43-35-42(57)16-17-44(43)58)37-62(45)36-40-12-8-7-9-13-40)63(38-46(65)54(72)61-55(73)78-31-33-80(4,5)6)52(71)39-79-32-20-48(67)60-22-24-75-26-28-77-30-29-76-27-25-74-23-21-59-47(66)14-10-11-15-49(68)64-50(69)18-19-51(64)70/h7-9,12-13,16-19,34-35,37,53H,10-11,14-15,20-33,36,38-39H2,1-6H3,(H,59,66)(H,60,67)(H,61,72,73)/t53-/m0/s1. The van der Waals surface area contributed by atoms with Gasteiger partial charge in [-0.2, -0.15) is 11.8 Å². The Morgan fingerprint density at radius 2 is 1.30 bits per heavy atom. The minimum Gasteiger partial charge on any atom is -0.450 e. The highest BCUT2D eigenvalue weighted by molar-refractivity contribution is 7.99. The predicted octanol–water partition coefficient (Wildman–Crippen LogP) is 5.99. The second-order valence-corrected chi connectivity index (χ2v) is 27.6. The summed E-state index contributed by atoms with van der Waals surface area (Å²) in [6.45, 7) is 14.2. The lowest BCUT2D eigenvalue weighted by atomic mass is 9.83. The monoisotopic (exact) mass is 1150 g/mol. The maximum absolute atomic E-state index is 15.3. The summed E-state index contributed by atoms with van der Waals surface area (Å²) in [4.78, 5) is 116. The number of hydrogen-bond acceptors (Lipinski definition) is 15. The van der Waals surface area contributed by atoms with Crippen LogP contribution in [-0.2, 0) is 68.6 Å². The van der Waals surface area contributed by atoms with Gasteiger partial charge in [0.15, 0.2) is 0 Å². The van der Waals surface area contributed by atoms with E-state index in [0.717, 1.165) is 47.7 Å². The molecule has 1 atom stereocenters. The van der Waals surface area contributed by atoms with Gasteiger partial charge in [-0.1, -0.05) is 70.7 Å². The van der Waals surface area contributed by atoms with Gasteiger partial charge in [0.25, 0.3) is 17.7 Å². The largest absolute Gasteiger partial charge is 0.450 e. The number of alkyl carbamates (subject to hydrolysis) is 1. The molecule has 0 radical (unpaired) electrons. The first-order valence-corrected chi connectivity index (χ1v) is 31.4. The van der Waals surface area contributed by atoms with Crippen molar-refractivity contribution >= 4 is 73.1 Å². The Balaban J connectivity index is 1.18. The van der Waals surface area contributed by atoms with Gasteiger partial charge in [-0.05, 0) is 54.1 Å². The molecule has 80 heavy (non-hydrogen) atoms. The van der Waals surface area contributed by atoms with Gasteiger partial charge < -0.3 is 43.8 Å². The van der Waals surface area contributed by atoms with Crippen molar-refractivity contribution in [3.05, 3.63) is 95.8 Å². The molecule has 0 aliphatic carbocycles. The average Bonchev–Trinajstić information content (AvgIpc) is 4.04. The molecule has 1 aliphatic rings. The zero-order valence-corrected chi connectivity index (χ0v) is 48.4. The van der Waals surface area contributed by atoms with E-state index in [1.54, 1.807) is 16.8 Å². The molecule has 2 heterocycles. The number of halogens is 2. The lowest BCUT2D eigenvalue weighted by Crippen LogP contribution is -2.49. The molecule has 438 valence electrons. The Kier molecular flexibility index (Phi) is 28.1. The number of unbranched alkanes of at least 4 members (excludes halogenated alkanes) is 1. The summed E-state index contributed by atoms with van der Waals surface area (Å²) in [6, 6.07) is 13.8. The topological polar surface area (TPSA) is 247 Å². The molecule has 0 spiro atoms. The van der Waals surface area contributed by atoms with E-state index in [4.69, 9.17) is 23.7 Å². The summed E-state index contributed by atoms with van der Waals surface area (Å²) in [5.41, 5.74) is 0.777. The van der Waals surface area contributed by atoms with Gasteiger partial charge in [0, 0.05) is 87.9 Å². The minimum absolute atomic E-state index is 0.00814. The maximum atomic E-state index is 15.3. The third-order valence-corrected chi connectivity index (χ3v) is 14.7. The predicted molar refractivity (Wildman–Crippen MR) is 298 cm³/mol. The van der Waals surface area contributed by atoms with Crippen LogP contribution < -0.4 is 16.0 Å². The zero-order valence-electron chi connectivity index (χ0n) is 46.6. The van der Waals surface area contributed by atoms with Gasteiger partial charge in [0.1, 0.15) is 11.6 Å². The van der Waals surface area contributed by atoms with E-state index in [1.807, 2.05) is 56.4 Å². The second kappa shape index (κ2) is 34.0. The highest BCUT2D eigenvalue weighted by Crippen LogP contribution is 2.41. The first-order valence-electron chi connectivity index (χ1n) is 26.5. The van der Waals surface area contributed by atoms with Crippen molar-refractivity contribution in [2.75, 3.05) is 90.6 Å². The number of aromatic nitrogens is 1. The van der Waals surface area contributed by atoms with Crippen LogP contribution in [0.25, 0.3) is 11.1 Å². The van der Waals surface area contributed by atoms with Crippen LogP contribution in [0.2, 0.25) is 25.7 Å². The second-order valence-electron chi connectivity index (χ2n) is 20.9. The van der Waals surface area contributed by atoms with Crippen LogP contribution in [0.3, 0.4) is 0 Å². The number of Topliss-reactive ketones (excluding diaryl/α,β-unsaturated/α-hetero) is 1. The zero-order chi connectivity index (χ0) is 58.7. The molecule has 0 saturated carbocycles. The summed E-state index contributed by atoms with van der Waals surface area (Å²) in [5, 5.41) is 7.48. The van der Waals surface area contributed by atoms with Crippen LogP contribution >= 0.6 is 11.8 Å². The Bertz CT molecular complexity index is 2590. The molecule has 3 N–H and O–H groups in total. The molecule has 20 nitrogen and oxygen atoms in total. The van der Waals surface area contributed by atoms with Crippen LogP contribution in [-0.4, -0.2) is 166 Å². The Morgan fingerprint density at radius 1 is 0.725 bits per heavy atom. The molecule has 0 bridgehead atoms. The highest BCUT2D eigenvalue weighted by atomic mass is 32.2. The quantitative estimate of drug-likeness (QED) is 0.0262. The van der Waals surface area contributed by atoms with Crippen LogP contribution in [0, 0.1) is 17.0 Å². The molecule has 3 aromatic rings. The molecule has 24 heteroatoms. The Labute approximate surface area is 471 Å². The molecule has 2 aromatic carbocycles. The molecule has 0 fully saturated rings. The van der Waals surface area contributed by atoms with E-state index in [0.29, 0.717) is 74.6 Å². The minimum atomic E-state index is -1.59. The summed E-state index contributed by atoms with van der Waals surface area (Å²) >= 11 is 1.15. The number of carbonyl (C=O) groups excluding carboxylic acids is 9. The number of thioether (sulfide) groups is 1. The third kappa shape index (κ3) is 24.1. The van der Waals surface area contributed by atoms with Gasteiger partial charge in [-0.25, -0.2) is 18.5 Å². The van der Waals surface area contributed by atoms with Crippen LogP contribution in [0.15, 0.2) is 72.9 Å². The number of benzene rings is 2. The number of ether oxygens (including phenoxy) is 5. The molecule has 1 aliphatic heterocycles. The normalized spacial score (nSPS) is 12.8. The number of amides is 8. The third-order valence-electron chi connectivity index (χ3n) is 12.0. The van der Waals surface area contributed by atoms with Crippen molar-refractivity contribution in [3.63, 3.8) is 0 Å². The highest BCUT2D eigenvalue weighted by Gasteiger charge is 2.39. The average molecular weight is 1160 g/mol. The van der Waals surface area contributed by atoms with Crippen LogP contribution in [0.1, 0.15) is 70.2 Å². The molecule has 4 rings (SSSR count). The van der Waals surface area contributed by atoms with E-state index in [1.165, 1.54) is 4.90 Å². The van der Waals surface area contributed by atoms with Gasteiger partial charge >= 0.3 is 6.09 Å². The lowest BCUT2D eigenvalue weighted by molar-refractivity contribution is -0.148. The maximum Gasteiger partial charge on any atom is 0.414 e. The van der Waals surface area contributed by atoms with E-state index >= 15 is 4.39 Å². The number of rotatable bonds is 36. The van der Waals surface area contributed by atoms with Crippen molar-refractivity contribution in [1.82, 2.24) is 30.3 Å². The van der Waals surface area contributed by atoms with Crippen molar-refractivity contribution in [2.24, 2.45) is 5.41 Å². The fourth-order valence-electron chi connectivity index (χ4n) is 8.00. The van der Waals surface area contributed by atoms with E-state index in [-0.39, 0.29) is 87.7 Å².